The van der Waals surface area contributed by atoms with Gasteiger partial charge in [0.05, 0.1) is 6.04 Å². The molecule has 0 bridgehead atoms. The summed E-state index contributed by atoms with van der Waals surface area (Å²) in [6, 6.07) is 3.79. The van der Waals surface area contributed by atoms with Crippen molar-refractivity contribution in [3.05, 3.63) is 35.9 Å². The van der Waals surface area contributed by atoms with E-state index < -0.39 is 59.8 Å². The van der Waals surface area contributed by atoms with E-state index in [0.717, 1.165) is 5.56 Å². The highest BCUT2D eigenvalue weighted by atomic mass is 16.4. The Morgan fingerprint density at radius 1 is 0.750 bits per heavy atom. The van der Waals surface area contributed by atoms with Crippen LogP contribution in [0.1, 0.15) is 78.2 Å². The first-order valence-electron chi connectivity index (χ1n) is 16.7. The molecule has 15 nitrogen and oxygen atoms in total. The van der Waals surface area contributed by atoms with Crippen molar-refractivity contribution >= 4 is 35.6 Å². The first kappa shape index (κ1) is 41.8. The monoisotopic (exact) mass is 675 g/mol. The number of nitrogens with one attached hydrogen (secondary N) is 4. The number of carbonyl (C=O) groups is 5. The fraction of sp³-hybridized carbons (Fsp3) is 0.636. The van der Waals surface area contributed by atoms with E-state index in [9.17, 15) is 29.1 Å². The van der Waals surface area contributed by atoms with E-state index in [4.69, 9.17) is 22.9 Å². The van der Waals surface area contributed by atoms with Gasteiger partial charge >= 0.3 is 5.97 Å². The topological polar surface area (TPSA) is 270 Å². The molecule has 0 saturated carbocycles. The maximum atomic E-state index is 13.8. The Hall–Kier alpha value is -4.24. The molecule has 270 valence electrons. The van der Waals surface area contributed by atoms with E-state index in [2.05, 4.69) is 26.3 Å². The van der Waals surface area contributed by atoms with Gasteiger partial charge in [0, 0.05) is 13.0 Å². The molecule has 4 amide bonds. The maximum Gasteiger partial charge on any atom is 0.326 e. The highest BCUT2D eigenvalue weighted by molar-refractivity contribution is 5.95. The van der Waals surface area contributed by atoms with Gasteiger partial charge in [0.2, 0.25) is 23.6 Å². The van der Waals surface area contributed by atoms with Crippen LogP contribution in [-0.4, -0.2) is 84.0 Å². The maximum absolute atomic E-state index is 13.8. The third kappa shape index (κ3) is 15.1. The summed E-state index contributed by atoms with van der Waals surface area (Å²) in [4.78, 5) is 69.7. The molecule has 0 aromatic heterocycles. The number of guanidine groups is 1. The highest BCUT2D eigenvalue weighted by Gasteiger charge is 2.34. The number of hydrogen-bond acceptors (Lipinski definition) is 8. The van der Waals surface area contributed by atoms with E-state index in [1.807, 2.05) is 32.0 Å². The molecule has 0 aliphatic rings. The molecule has 1 aromatic rings. The number of hydrogen-bond donors (Lipinski definition) is 9. The molecule has 0 spiro atoms. The standard InChI is InChI=1S/C33H57N9O6/c1-5-20(3)26(31(46)42-27(32(47)48)21(4)6-2)41-29(44)24(16-10-11-17-34)39-30(45)25(19-22-13-8-7-9-14-22)40-28(43)23(35)15-12-18-38-33(36)37/h7-9,13-14,20-21,23-27H,5-6,10-12,15-19,34-35H2,1-4H3,(H,39,45)(H,40,43)(H,41,44)(H,42,46)(H,47,48)(H4,36,37,38). The Kier molecular flexibility index (Phi) is 19.5. The Morgan fingerprint density at radius 3 is 1.88 bits per heavy atom. The third-order valence-electron chi connectivity index (χ3n) is 8.37. The predicted octanol–water partition coefficient (Wildman–Crippen LogP) is -0.145. The summed E-state index contributed by atoms with van der Waals surface area (Å²) in [7, 11) is 0. The fourth-order valence-electron chi connectivity index (χ4n) is 4.90. The van der Waals surface area contributed by atoms with Crippen LogP contribution in [-0.2, 0) is 30.4 Å². The van der Waals surface area contributed by atoms with Crippen molar-refractivity contribution < 1.29 is 29.1 Å². The molecule has 7 unspecified atom stereocenters. The molecule has 0 aliphatic heterocycles. The van der Waals surface area contributed by atoms with Crippen LogP contribution in [0, 0.1) is 11.8 Å². The molecule has 1 aromatic carbocycles. The Bertz CT molecular complexity index is 1200. The molecule has 0 heterocycles. The largest absolute Gasteiger partial charge is 0.480 e. The van der Waals surface area contributed by atoms with E-state index in [0.29, 0.717) is 45.2 Å². The number of aliphatic carboxylic acids is 1. The Labute approximate surface area is 283 Å². The summed E-state index contributed by atoms with van der Waals surface area (Å²) < 4.78 is 0. The van der Waals surface area contributed by atoms with Crippen molar-refractivity contribution in [3.8, 4) is 0 Å². The molecule has 13 N–H and O–H groups in total. The van der Waals surface area contributed by atoms with E-state index in [1.165, 1.54) is 0 Å². The van der Waals surface area contributed by atoms with Gasteiger partial charge in [-0.25, -0.2) is 4.79 Å². The lowest BCUT2D eigenvalue weighted by atomic mass is 9.95. The molecule has 48 heavy (non-hydrogen) atoms. The minimum atomic E-state index is -1.17. The summed E-state index contributed by atoms with van der Waals surface area (Å²) in [6.07, 6.45) is 3.18. The lowest BCUT2D eigenvalue weighted by Crippen LogP contribution is -2.60. The summed E-state index contributed by atoms with van der Waals surface area (Å²) in [5.41, 5.74) is 23.3. The SMILES string of the molecule is CCC(C)C(NC(=O)C(NC(=O)C(CCCCN)NC(=O)C(Cc1ccccc1)NC(=O)C(N)CCCN=C(N)N)C(C)CC)C(=O)O. The van der Waals surface area contributed by atoms with Crippen molar-refractivity contribution in [3.63, 3.8) is 0 Å². The second kappa shape index (κ2) is 22.4. The number of amides is 4. The van der Waals surface area contributed by atoms with Crippen LogP contribution in [0.3, 0.4) is 0 Å². The van der Waals surface area contributed by atoms with Gasteiger partial charge < -0.3 is 49.3 Å². The molecular formula is C33H57N9O6. The van der Waals surface area contributed by atoms with Gasteiger partial charge in [-0.15, -0.1) is 0 Å². The van der Waals surface area contributed by atoms with Crippen LogP contribution < -0.4 is 44.2 Å². The molecule has 1 rings (SSSR count). The first-order valence-corrected chi connectivity index (χ1v) is 16.7. The van der Waals surface area contributed by atoms with Crippen molar-refractivity contribution in [2.75, 3.05) is 13.1 Å². The number of benzene rings is 1. The van der Waals surface area contributed by atoms with Crippen LogP contribution >= 0.6 is 0 Å². The second-order valence-electron chi connectivity index (χ2n) is 12.2. The number of rotatable bonds is 23. The third-order valence-corrected chi connectivity index (χ3v) is 8.37. The summed E-state index contributed by atoms with van der Waals surface area (Å²) in [5.74, 6) is -4.32. The number of nitrogens with zero attached hydrogens (tertiary/aromatic N) is 1. The van der Waals surface area contributed by atoms with Gasteiger partial charge in [0.1, 0.15) is 24.2 Å². The van der Waals surface area contributed by atoms with Gasteiger partial charge in [-0.1, -0.05) is 70.9 Å². The quantitative estimate of drug-likeness (QED) is 0.0421. The number of nitrogens with two attached hydrogens (primary N) is 4. The van der Waals surface area contributed by atoms with Crippen LogP contribution in [0.15, 0.2) is 35.3 Å². The van der Waals surface area contributed by atoms with Crippen LogP contribution in [0.25, 0.3) is 0 Å². The van der Waals surface area contributed by atoms with Gasteiger partial charge in [-0.05, 0) is 56.0 Å². The van der Waals surface area contributed by atoms with E-state index in [1.54, 1.807) is 26.0 Å². The number of aliphatic imine (C=N–C) groups is 1. The Balaban J connectivity index is 3.24. The van der Waals surface area contributed by atoms with Gasteiger partial charge in [-0.3, -0.25) is 24.2 Å². The average Bonchev–Trinajstić information content (AvgIpc) is 3.06. The van der Waals surface area contributed by atoms with E-state index in [-0.39, 0.29) is 37.1 Å². The number of unbranched alkanes of at least 4 members (excludes halogenated alkanes) is 1. The normalized spacial score (nSPS) is 15.4. The van der Waals surface area contributed by atoms with Gasteiger partial charge in [0.25, 0.3) is 0 Å². The molecule has 0 fully saturated rings. The summed E-state index contributed by atoms with van der Waals surface area (Å²) in [5, 5.41) is 20.6. The molecule has 15 heteroatoms. The Morgan fingerprint density at radius 2 is 1.31 bits per heavy atom. The van der Waals surface area contributed by atoms with Crippen molar-refractivity contribution in [2.24, 2.45) is 39.8 Å². The molecule has 0 radical (unpaired) electrons. The minimum Gasteiger partial charge on any atom is -0.480 e. The minimum absolute atomic E-state index is 0.0654. The molecular weight excluding hydrogens is 618 g/mol. The van der Waals surface area contributed by atoms with Crippen LogP contribution in [0.5, 0.6) is 0 Å². The zero-order valence-electron chi connectivity index (χ0n) is 28.7. The number of carboxylic acid groups (broad SMARTS) is 1. The highest BCUT2D eigenvalue weighted by Crippen LogP contribution is 2.14. The van der Waals surface area contributed by atoms with Crippen molar-refractivity contribution in [1.82, 2.24) is 21.3 Å². The lowest BCUT2D eigenvalue weighted by molar-refractivity contribution is -0.144. The molecule has 0 aliphatic carbocycles. The lowest BCUT2D eigenvalue weighted by Gasteiger charge is -2.29. The zero-order valence-corrected chi connectivity index (χ0v) is 28.7. The van der Waals surface area contributed by atoms with Crippen molar-refractivity contribution in [1.29, 1.82) is 0 Å². The number of carbonyl (C=O) groups excluding carboxylic acids is 4. The summed E-state index contributed by atoms with van der Waals surface area (Å²) in [6.45, 7) is 7.84. The van der Waals surface area contributed by atoms with Crippen LogP contribution in [0.4, 0.5) is 0 Å². The first-order chi connectivity index (χ1) is 22.7. The van der Waals surface area contributed by atoms with Crippen LogP contribution in [0.2, 0.25) is 0 Å². The number of carboxylic acids is 1. The van der Waals surface area contributed by atoms with Gasteiger partial charge in [0.15, 0.2) is 5.96 Å². The fourth-order valence-corrected chi connectivity index (χ4v) is 4.90. The molecule has 7 atom stereocenters. The van der Waals surface area contributed by atoms with Gasteiger partial charge in [-0.2, -0.15) is 0 Å². The van der Waals surface area contributed by atoms with E-state index >= 15 is 0 Å². The molecule has 0 saturated heterocycles. The van der Waals surface area contributed by atoms with Crippen molar-refractivity contribution in [2.45, 2.75) is 109 Å². The summed E-state index contributed by atoms with van der Waals surface area (Å²) >= 11 is 0. The smallest absolute Gasteiger partial charge is 0.326 e. The second-order valence-corrected chi connectivity index (χ2v) is 12.2. The predicted molar refractivity (Wildman–Crippen MR) is 185 cm³/mol. The average molecular weight is 676 g/mol. The zero-order chi connectivity index (χ0) is 36.2.